The summed E-state index contributed by atoms with van der Waals surface area (Å²) in [4.78, 5) is 18.3. The van der Waals surface area contributed by atoms with Crippen molar-refractivity contribution in [3.63, 3.8) is 0 Å². The second-order valence-electron chi connectivity index (χ2n) is 2.01. The van der Waals surface area contributed by atoms with Crippen LogP contribution in [0, 0.1) is 0 Å². The molecule has 0 radical (unpaired) electrons. The molecule has 0 aromatic heterocycles. The van der Waals surface area contributed by atoms with Crippen LogP contribution in [0.4, 0.5) is 0 Å². The van der Waals surface area contributed by atoms with Crippen molar-refractivity contribution in [1.29, 1.82) is 0 Å². The molecule has 0 saturated carbocycles. The molecule has 1 amide bonds. The molecule has 1 aliphatic rings. The van der Waals surface area contributed by atoms with Gasteiger partial charge in [-0.05, 0) is 13.3 Å². The van der Waals surface area contributed by atoms with Crippen molar-refractivity contribution in [2.24, 2.45) is 0 Å². The lowest BCUT2D eigenvalue weighted by molar-refractivity contribution is -0.119. The zero-order valence-electron chi connectivity index (χ0n) is 6.96. The Bertz CT molecular complexity index is 106. The van der Waals surface area contributed by atoms with E-state index in [4.69, 9.17) is 9.90 Å². The smallest absolute Gasteiger partial charge is 0.220 e. The van der Waals surface area contributed by atoms with E-state index in [0.29, 0.717) is 6.04 Å². The average molecular weight is 161 g/mol. The number of aliphatic hydroxyl groups is 1. The normalized spacial score (nSPS) is 20.3. The van der Waals surface area contributed by atoms with Crippen molar-refractivity contribution in [2.75, 3.05) is 7.11 Å². The summed E-state index contributed by atoms with van der Waals surface area (Å²) >= 11 is 0. The first kappa shape index (κ1) is 12.7. The van der Waals surface area contributed by atoms with Crippen molar-refractivity contribution in [2.45, 2.75) is 25.8 Å². The summed E-state index contributed by atoms with van der Waals surface area (Å²) in [5.74, 6) is 0.201. The van der Waals surface area contributed by atoms with E-state index in [1.807, 2.05) is 13.7 Å². The molecule has 1 heterocycles. The fraction of sp³-hybridized carbons (Fsp3) is 0.714. The average Bonchev–Trinajstić information content (AvgIpc) is 2.43. The van der Waals surface area contributed by atoms with Crippen molar-refractivity contribution in [3.05, 3.63) is 0 Å². The van der Waals surface area contributed by atoms with Gasteiger partial charge in [0.25, 0.3) is 0 Å². The van der Waals surface area contributed by atoms with Crippen LogP contribution in [0.1, 0.15) is 19.8 Å². The monoisotopic (exact) mass is 161 g/mol. The van der Waals surface area contributed by atoms with Gasteiger partial charge in [-0.15, -0.1) is 0 Å². The third-order valence-electron chi connectivity index (χ3n) is 1.21. The van der Waals surface area contributed by atoms with Crippen LogP contribution >= 0.6 is 0 Å². The Morgan fingerprint density at radius 3 is 2.09 bits per heavy atom. The van der Waals surface area contributed by atoms with Gasteiger partial charge in [-0.2, -0.15) is 0 Å². The number of nitrogens with one attached hydrogen (secondary N) is 1. The standard InChI is InChI=1S/C5H9NO.CH4O.CH2O/c1-4-2-3-5(7)6-4;2*1-2/h4H,2-3H2,1H3,(H,6,7);2H,1H3;1H2. The minimum Gasteiger partial charge on any atom is -0.400 e. The maximum atomic E-state index is 10.3. The van der Waals surface area contributed by atoms with E-state index in [9.17, 15) is 4.79 Å². The Labute approximate surface area is 66.6 Å². The van der Waals surface area contributed by atoms with Crippen LogP contribution in [0.3, 0.4) is 0 Å². The Hall–Kier alpha value is -0.900. The molecule has 0 aliphatic carbocycles. The van der Waals surface area contributed by atoms with Gasteiger partial charge < -0.3 is 15.2 Å². The zero-order chi connectivity index (χ0) is 9.28. The first-order chi connectivity index (χ1) is 5.29. The van der Waals surface area contributed by atoms with Gasteiger partial charge in [0.15, 0.2) is 0 Å². The van der Waals surface area contributed by atoms with Crippen LogP contribution in [0.5, 0.6) is 0 Å². The maximum Gasteiger partial charge on any atom is 0.220 e. The molecule has 1 unspecified atom stereocenters. The Morgan fingerprint density at radius 1 is 1.55 bits per heavy atom. The second-order valence-corrected chi connectivity index (χ2v) is 2.01. The molecule has 1 atom stereocenters. The summed E-state index contributed by atoms with van der Waals surface area (Å²) < 4.78 is 0. The highest BCUT2D eigenvalue weighted by atomic mass is 16.2. The summed E-state index contributed by atoms with van der Waals surface area (Å²) in [5.41, 5.74) is 0. The largest absolute Gasteiger partial charge is 0.400 e. The van der Waals surface area contributed by atoms with E-state index < -0.39 is 0 Å². The molecule has 1 aliphatic heterocycles. The predicted octanol–water partition coefficient (Wildman–Crippen LogP) is -0.292. The van der Waals surface area contributed by atoms with Crippen LogP contribution in [-0.2, 0) is 9.59 Å². The zero-order valence-corrected chi connectivity index (χ0v) is 6.96. The Kier molecular flexibility index (Phi) is 10.5. The lowest BCUT2D eigenvalue weighted by atomic mass is 10.3. The van der Waals surface area contributed by atoms with Gasteiger partial charge in [0.2, 0.25) is 5.91 Å². The molecule has 1 saturated heterocycles. The fourth-order valence-corrected chi connectivity index (χ4v) is 0.767. The van der Waals surface area contributed by atoms with E-state index in [1.165, 1.54) is 0 Å². The predicted molar refractivity (Wildman–Crippen MR) is 42.1 cm³/mol. The molecular weight excluding hydrogens is 146 g/mol. The van der Waals surface area contributed by atoms with Crippen molar-refractivity contribution in [3.8, 4) is 0 Å². The lowest BCUT2D eigenvalue weighted by Gasteiger charge is -1.95. The van der Waals surface area contributed by atoms with Crippen LogP contribution in [0.25, 0.3) is 0 Å². The lowest BCUT2D eigenvalue weighted by Crippen LogP contribution is -2.21. The summed E-state index contributed by atoms with van der Waals surface area (Å²) in [6.07, 6.45) is 1.74. The van der Waals surface area contributed by atoms with Gasteiger partial charge >= 0.3 is 0 Å². The van der Waals surface area contributed by atoms with Crippen molar-refractivity contribution < 1.29 is 14.7 Å². The molecule has 0 bridgehead atoms. The van der Waals surface area contributed by atoms with E-state index in [0.717, 1.165) is 20.0 Å². The molecule has 4 heteroatoms. The minimum atomic E-state index is 0.201. The highest BCUT2D eigenvalue weighted by Crippen LogP contribution is 2.03. The second kappa shape index (κ2) is 9.10. The Morgan fingerprint density at radius 2 is 2.00 bits per heavy atom. The molecular formula is C7H15NO3. The number of carbonyl (C=O) groups is 2. The van der Waals surface area contributed by atoms with Gasteiger partial charge in [0.1, 0.15) is 6.79 Å². The number of hydrogen-bond acceptors (Lipinski definition) is 3. The van der Waals surface area contributed by atoms with Gasteiger partial charge in [-0.25, -0.2) is 0 Å². The highest BCUT2D eigenvalue weighted by Gasteiger charge is 2.14. The molecule has 0 aromatic rings. The van der Waals surface area contributed by atoms with Crippen LogP contribution in [-0.4, -0.2) is 31.0 Å². The topological polar surface area (TPSA) is 66.4 Å². The number of carbonyl (C=O) groups excluding carboxylic acids is 2. The number of rotatable bonds is 0. The van der Waals surface area contributed by atoms with Crippen molar-refractivity contribution in [1.82, 2.24) is 5.32 Å². The molecule has 2 N–H and O–H groups in total. The van der Waals surface area contributed by atoms with E-state index in [1.54, 1.807) is 0 Å². The first-order valence-corrected chi connectivity index (χ1v) is 3.32. The van der Waals surface area contributed by atoms with Crippen LogP contribution in [0.2, 0.25) is 0 Å². The molecule has 0 aromatic carbocycles. The van der Waals surface area contributed by atoms with Gasteiger partial charge in [-0.3, -0.25) is 4.79 Å². The number of aliphatic hydroxyl groups excluding tert-OH is 1. The number of hydrogen-bond donors (Lipinski definition) is 2. The van der Waals surface area contributed by atoms with Crippen molar-refractivity contribution >= 4 is 12.7 Å². The van der Waals surface area contributed by atoms with Crippen LogP contribution < -0.4 is 5.32 Å². The molecule has 66 valence electrons. The summed E-state index contributed by atoms with van der Waals surface area (Å²) in [5, 5.41) is 9.78. The minimum absolute atomic E-state index is 0.201. The van der Waals surface area contributed by atoms with Crippen LogP contribution in [0.15, 0.2) is 0 Å². The highest BCUT2D eigenvalue weighted by molar-refractivity contribution is 5.78. The van der Waals surface area contributed by atoms with E-state index in [-0.39, 0.29) is 5.91 Å². The first-order valence-electron chi connectivity index (χ1n) is 3.32. The number of amides is 1. The van der Waals surface area contributed by atoms with E-state index >= 15 is 0 Å². The molecule has 0 spiro atoms. The van der Waals surface area contributed by atoms with E-state index in [2.05, 4.69) is 5.32 Å². The summed E-state index contributed by atoms with van der Waals surface area (Å²) in [6.45, 7) is 4.02. The molecule has 1 rings (SSSR count). The third-order valence-corrected chi connectivity index (χ3v) is 1.21. The van der Waals surface area contributed by atoms with Gasteiger partial charge in [0.05, 0.1) is 0 Å². The summed E-state index contributed by atoms with van der Waals surface area (Å²) in [7, 11) is 1.00. The summed E-state index contributed by atoms with van der Waals surface area (Å²) in [6, 6.07) is 0.424. The Balaban J connectivity index is 0. The quantitative estimate of drug-likeness (QED) is 0.513. The van der Waals surface area contributed by atoms with Gasteiger partial charge in [-0.1, -0.05) is 0 Å². The fourth-order valence-electron chi connectivity index (χ4n) is 0.767. The molecule has 4 nitrogen and oxygen atoms in total. The molecule has 1 fully saturated rings. The maximum absolute atomic E-state index is 10.3. The molecule has 11 heavy (non-hydrogen) atoms. The third kappa shape index (κ3) is 6.99. The SMILES string of the molecule is C=O.CC1CCC(=O)N1.CO. The van der Waals surface area contributed by atoms with Gasteiger partial charge in [0, 0.05) is 19.6 Å².